The number of hydrogen-bond donors (Lipinski definition) is 2. The molecule has 0 aliphatic rings. The van der Waals surface area contributed by atoms with Crippen LogP contribution < -0.4 is 10.6 Å². The first-order valence-corrected chi connectivity index (χ1v) is 6.02. The highest BCUT2D eigenvalue weighted by atomic mass is 16.5. The Morgan fingerprint density at radius 2 is 1.88 bits per heavy atom. The highest BCUT2D eigenvalue weighted by Crippen LogP contribution is 1.93. The van der Waals surface area contributed by atoms with E-state index in [-0.39, 0.29) is 17.9 Å². The summed E-state index contributed by atoms with van der Waals surface area (Å²) >= 11 is 0. The Hall–Kier alpha value is -1.10. The van der Waals surface area contributed by atoms with Crippen LogP contribution in [0.4, 0.5) is 0 Å². The van der Waals surface area contributed by atoms with Crippen molar-refractivity contribution in [1.29, 1.82) is 0 Å². The molecule has 0 bridgehead atoms. The van der Waals surface area contributed by atoms with Crippen molar-refractivity contribution in [2.45, 2.75) is 39.7 Å². The minimum Gasteiger partial charge on any atom is -0.469 e. The van der Waals surface area contributed by atoms with Gasteiger partial charge < -0.3 is 15.4 Å². The van der Waals surface area contributed by atoms with E-state index in [9.17, 15) is 9.59 Å². The lowest BCUT2D eigenvalue weighted by Gasteiger charge is -2.12. The quantitative estimate of drug-likeness (QED) is 0.616. The standard InChI is InChI=1S/C12H24N2O3/c1-9(2)8-14-11(15)5-6-13-10(3)7-12(16)17-4/h9-10,13H,5-8H2,1-4H3,(H,14,15). The average Bonchev–Trinajstić information content (AvgIpc) is 2.26. The lowest BCUT2D eigenvalue weighted by Crippen LogP contribution is -2.34. The van der Waals surface area contributed by atoms with E-state index < -0.39 is 0 Å². The fourth-order valence-corrected chi connectivity index (χ4v) is 1.24. The minimum absolute atomic E-state index is 0.0281. The van der Waals surface area contributed by atoms with Crippen molar-refractivity contribution < 1.29 is 14.3 Å². The Bertz CT molecular complexity index is 242. The molecule has 0 aromatic rings. The summed E-state index contributed by atoms with van der Waals surface area (Å²) in [7, 11) is 1.37. The fourth-order valence-electron chi connectivity index (χ4n) is 1.24. The van der Waals surface area contributed by atoms with Gasteiger partial charge in [-0.25, -0.2) is 0 Å². The van der Waals surface area contributed by atoms with Crippen molar-refractivity contribution in [3.63, 3.8) is 0 Å². The van der Waals surface area contributed by atoms with Crippen LogP contribution in [-0.4, -0.2) is 38.1 Å². The second-order valence-corrected chi connectivity index (χ2v) is 4.58. The van der Waals surface area contributed by atoms with Gasteiger partial charge in [0.1, 0.15) is 0 Å². The van der Waals surface area contributed by atoms with E-state index in [1.54, 1.807) is 0 Å². The molecule has 1 amide bonds. The molecule has 0 saturated heterocycles. The number of nitrogens with one attached hydrogen (secondary N) is 2. The zero-order chi connectivity index (χ0) is 13.3. The van der Waals surface area contributed by atoms with Gasteiger partial charge in [0.15, 0.2) is 0 Å². The summed E-state index contributed by atoms with van der Waals surface area (Å²) in [4.78, 5) is 22.3. The monoisotopic (exact) mass is 244 g/mol. The normalized spacial score (nSPS) is 12.3. The zero-order valence-electron chi connectivity index (χ0n) is 11.2. The van der Waals surface area contributed by atoms with Crippen LogP contribution in [0.25, 0.3) is 0 Å². The molecule has 2 N–H and O–H groups in total. The van der Waals surface area contributed by atoms with Gasteiger partial charge in [-0.1, -0.05) is 13.8 Å². The fraction of sp³-hybridized carbons (Fsp3) is 0.833. The van der Waals surface area contributed by atoms with Crippen LogP contribution in [0, 0.1) is 5.92 Å². The maximum absolute atomic E-state index is 11.4. The smallest absolute Gasteiger partial charge is 0.307 e. The Balaban J connectivity index is 3.55. The molecule has 1 unspecified atom stereocenters. The summed E-state index contributed by atoms with van der Waals surface area (Å²) < 4.78 is 4.55. The zero-order valence-corrected chi connectivity index (χ0v) is 11.2. The predicted octanol–water partition coefficient (Wildman–Crippen LogP) is 0.690. The van der Waals surface area contributed by atoms with Gasteiger partial charge in [0.05, 0.1) is 13.5 Å². The number of amides is 1. The van der Waals surface area contributed by atoms with Gasteiger partial charge in [0.25, 0.3) is 0 Å². The highest BCUT2D eigenvalue weighted by Gasteiger charge is 2.09. The molecule has 17 heavy (non-hydrogen) atoms. The van der Waals surface area contributed by atoms with Crippen LogP contribution >= 0.6 is 0 Å². The Morgan fingerprint density at radius 3 is 2.41 bits per heavy atom. The first kappa shape index (κ1) is 15.9. The van der Waals surface area contributed by atoms with Crippen molar-refractivity contribution >= 4 is 11.9 Å². The van der Waals surface area contributed by atoms with Crippen molar-refractivity contribution in [3.05, 3.63) is 0 Å². The molecule has 0 aliphatic heterocycles. The van der Waals surface area contributed by atoms with Crippen LogP contribution in [0.5, 0.6) is 0 Å². The van der Waals surface area contributed by atoms with E-state index in [1.165, 1.54) is 7.11 Å². The third-order valence-electron chi connectivity index (χ3n) is 2.25. The SMILES string of the molecule is COC(=O)CC(C)NCCC(=O)NCC(C)C. The molecule has 0 rings (SSSR count). The molecular weight excluding hydrogens is 220 g/mol. The number of methoxy groups -OCH3 is 1. The molecule has 0 aromatic heterocycles. The number of ether oxygens (including phenoxy) is 1. The lowest BCUT2D eigenvalue weighted by molar-refractivity contribution is -0.141. The third kappa shape index (κ3) is 9.81. The molecule has 5 nitrogen and oxygen atoms in total. The number of rotatable bonds is 8. The number of esters is 1. The Labute approximate surface area is 103 Å². The maximum atomic E-state index is 11.4. The first-order chi connectivity index (χ1) is 7.95. The summed E-state index contributed by atoms with van der Waals surface area (Å²) in [5.74, 6) is 0.260. The van der Waals surface area contributed by atoms with E-state index in [0.717, 1.165) is 0 Å². The second-order valence-electron chi connectivity index (χ2n) is 4.58. The molecule has 1 atom stereocenters. The van der Waals surface area contributed by atoms with Crippen molar-refractivity contribution in [2.75, 3.05) is 20.2 Å². The number of carbonyl (C=O) groups is 2. The number of carbonyl (C=O) groups excluding carboxylic acids is 2. The highest BCUT2D eigenvalue weighted by molar-refractivity contribution is 5.76. The van der Waals surface area contributed by atoms with Crippen LogP contribution in [0.15, 0.2) is 0 Å². The van der Waals surface area contributed by atoms with E-state index in [2.05, 4.69) is 29.2 Å². The summed E-state index contributed by atoms with van der Waals surface area (Å²) in [6, 6.07) is 0.0281. The molecule has 0 spiro atoms. The van der Waals surface area contributed by atoms with Gasteiger partial charge in [-0.2, -0.15) is 0 Å². The molecule has 0 aromatic carbocycles. The van der Waals surface area contributed by atoms with Gasteiger partial charge in [-0.05, 0) is 12.8 Å². The molecule has 100 valence electrons. The summed E-state index contributed by atoms with van der Waals surface area (Å²) in [5, 5.41) is 5.94. The van der Waals surface area contributed by atoms with Crippen LogP contribution in [0.2, 0.25) is 0 Å². The topological polar surface area (TPSA) is 67.4 Å². The van der Waals surface area contributed by atoms with Gasteiger partial charge in [0, 0.05) is 25.6 Å². The molecule has 0 heterocycles. The molecule has 5 heteroatoms. The Morgan fingerprint density at radius 1 is 1.24 bits per heavy atom. The van der Waals surface area contributed by atoms with Crippen LogP contribution in [0.1, 0.15) is 33.6 Å². The third-order valence-corrected chi connectivity index (χ3v) is 2.25. The molecule has 0 saturated carbocycles. The average molecular weight is 244 g/mol. The summed E-state index contributed by atoms with van der Waals surface area (Å²) in [6.45, 7) is 7.27. The summed E-state index contributed by atoms with van der Waals surface area (Å²) in [6.07, 6.45) is 0.752. The van der Waals surface area contributed by atoms with Crippen molar-refractivity contribution in [2.24, 2.45) is 5.92 Å². The lowest BCUT2D eigenvalue weighted by atomic mass is 10.2. The second kappa shape index (κ2) is 8.98. The first-order valence-electron chi connectivity index (χ1n) is 6.02. The van der Waals surface area contributed by atoms with Crippen molar-refractivity contribution in [3.8, 4) is 0 Å². The molecule has 0 radical (unpaired) electrons. The van der Waals surface area contributed by atoms with E-state index >= 15 is 0 Å². The largest absolute Gasteiger partial charge is 0.469 e. The maximum Gasteiger partial charge on any atom is 0.307 e. The Kier molecular flexibility index (Phi) is 8.40. The van der Waals surface area contributed by atoms with E-state index in [1.807, 2.05) is 6.92 Å². The molecular formula is C12H24N2O3. The van der Waals surface area contributed by atoms with Crippen molar-refractivity contribution in [1.82, 2.24) is 10.6 Å². The molecule has 0 aliphatic carbocycles. The van der Waals surface area contributed by atoms with Gasteiger partial charge >= 0.3 is 5.97 Å². The predicted molar refractivity (Wildman–Crippen MR) is 66.6 cm³/mol. The minimum atomic E-state index is -0.241. The van der Waals surface area contributed by atoms with Gasteiger partial charge in [-0.3, -0.25) is 9.59 Å². The van der Waals surface area contributed by atoms with Crippen LogP contribution in [-0.2, 0) is 14.3 Å². The van der Waals surface area contributed by atoms with Gasteiger partial charge in [0.2, 0.25) is 5.91 Å². The van der Waals surface area contributed by atoms with Gasteiger partial charge in [-0.15, -0.1) is 0 Å². The number of hydrogen-bond acceptors (Lipinski definition) is 4. The van der Waals surface area contributed by atoms with E-state index in [0.29, 0.717) is 31.8 Å². The van der Waals surface area contributed by atoms with Crippen LogP contribution in [0.3, 0.4) is 0 Å². The summed E-state index contributed by atoms with van der Waals surface area (Å²) in [5.41, 5.74) is 0. The van der Waals surface area contributed by atoms with E-state index in [4.69, 9.17) is 0 Å². The molecule has 0 fully saturated rings.